The van der Waals surface area contributed by atoms with Gasteiger partial charge in [-0.2, -0.15) is 11.7 Å². The van der Waals surface area contributed by atoms with E-state index in [4.69, 9.17) is 0 Å². The zero-order valence-electron chi connectivity index (χ0n) is 12.1. The molecule has 138 valence electrons. The van der Waals surface area contributed by atoms with Crippen LogP contribution in [0.5, 0.6) is 0 Å². The van der Waals surface area contributed by atoms with Crippen LogP contribution in [0, 0.1) is 11.8 Å². The SMILES string of the molecule is C1CC2CCC1CC2.F[B-](F)(F)F.F[B-](F)(F)F.N[NH3+].N[NH3+]. The Morgan fingerprint density at radius 2 is 0.591 bits per heavy atom. The minimum atomic E-state index is -6.00. The third kappa shape index (κ3) is 31.7. The summed E-state index contributed by atoms with van der Waals surface area (Å²) in [6.45, 7) is 0. The van der Waals surface area contributed by atoms with Crippen molar-refractivity contribution in [3.05, 3.63) is 0 Å². The molecule has 10 N–H and O–H groups in total. The summed E-state index contributed by atoms with van der Waals surface area (Å²) in [6, 6.07) is 0. The zero-order valence-corrected chi connectivity index (χ0v) is 12.1. The lowest BCUT2D eigenvalue weighted by molar-refractivity contribution is -0.379. The lowest BCUT2D eigenvalue weighted by atomic mass is 9.71. The summed E-state index contributed by atoms with van der Waals surface area (Å²) in [5, 5.41) is 0. The van der Waals surface area contributed by atoms with Crippen molar-refractivity contribution in [1.29, 1.82) is 0 Å². The summed E-state index contributed by atoms with van der Waals surface area (Å²) in [6.07, 6.45) is 9.36. The van der Waals surface area contributed by atoms with E-state index in [1.807, 2.05) is 0 Å². The molecule has 0 radical (unpaired) electrons. The normalized spacial score (nSPS) is 22.4. The topological polar surface area (TPSA) is 107 Å². The molecule has 3 rings (SSSR count). The molecule has 3 aliphatic rings. The molecule has 22 heavy (non-hydrogen) atoms. The molecule has 2 bridgehead atoms. The average molecular weight is 350 g/mol. The monoisotopic (exact) mass is 350 g/mol. The smallest absolute Gasteiger partial charge is 0.418 e. The first kappa shape index (κ1) is 26.3. The molecule has 0 aliphatic heterocycles. The lowest BCUT2D eigenvalue weighted by Crippen LogP contribution is -2.59. The minimum Gasteiger partial charge on any atom is -0.418 e. The number of halogens is 8. The fraction of sp³-hybridized carbons (Fsp3) is 1.00. The fourth-order valence-electron chi connectivity index (χ4n) is 2.28. The van der Waals surface area contributed by atoms with Crippen molar-refractivity contribution in [1.82, 2.24) is 0 Å². The van der Waals surface area contributed by atoms with Crippen molar-refractivity contribution < 1.29 is 46.2 Å². The maximum Gasteiger partial charge on any atom is 0.673 e. The highest BCUT2D eigenvalue weighted by Crippen LogP contribution is 2.40. The van der Waals surface area contributed by atoms with Crippen molar-refractivity contribution in [3.63, 3.8) is 0 Å². The van der Waals surface area contributed by atoms with Crippen LogP contribution < -0.4 is 23.4 Å². The van der Waals surface area contributed by atoms with Gasteiger partial charge in [-0.1, -0.05) is 38.5 Å². The summed E-state index contributed by atoms with van der Waals surface area (Å²) < 4.78 is 78.0. The van der Waals surface area contributed by atoms with Crippen LogP contribution in [-0.2, 0) is 0 Å². The van der Waals surface area contributed by atoms with Crippen molar-refractivity contribution in [2.45, 2.75) is 38.5 Å². The minimum absolute atomic E-state index is 1.15. The molecule has 0 unspecified atom stereocenters. The Balaban J connectivity index is -0.000000231. The van der Waals surface area contributed by atoms with E-state index in [0.29, 0.717) is 0 Å². The van der Waals surface area contributed by atoms with Crippen molar-refractivity contribution in [3.8, 4) is 0 Å². The molecule has 0 atom stereocenters. The quantitative estimate of drug-likeness (QED) is 0.229. The third-order valence-electron chi connectivity index (χ3n) is 2.95. The molecular weight excluding hydrogens is 326 g/mol. The van der Waals surface area contributed by atoms with Gasteiger partial charge in [0.25, 0.3) is 0 Å². The van der Waals surface area contributed by atoms with Gasteiger partial charge in [0.1, 0.15) is 0 Å². The first-order chi connectivity index (χ1) is 9.95. The van der Waals surface area contributed by atoms with E-state index in [2.05, 4.69) is 23.4 Å². The van der Waals surface area contributed by atoms with Gasteiger partial charge < -0.3 is 34.5 Å². The van der Waals surface area contributed by atoms with E-state index >= 15 is 0 Å². The summed E-state index contributed by atoms with van der Waals surface area (Å²) in [4.78, 5) is 0. The van der Waals surface area contributed by atoms with Gasteiger partial charge in [-0.3, -0.25) is 11.7 Å². The highest BCUT2D eigenvalue weighted by Gasteiger charge is 2.26. The summed E-state index contributed by atoms with van der Waals surface area (Å²) >= 11 is 0. The van der Waals surface area contributed by atoms with Crippen molar-refractivity contribution in [2.24, 2.45) is 23.5 Å². The van der Waals surface area contributed by atoms with Crippen LogP contribution in [-0.4, -0.2) is 14.5 Å². The standard InChI is InChI=1S/C8H14.2BF4.2H4N2/c1-2-8-5-3-7(1)4-6-8;2*2-1(3,4)5;2*1-2/h7-8H,1-6H2;;;2*1-2H2/q;2*-1;;/p+2. The van der Waals surface area contributed by atoms with Gasteiger partial charge in [0.2, 0.25) is 0 Å². The maximum atomic E-state index is 9.75. The van der Waals surface area contributed by atoms with Gasteiger partial charge in [0, 0.05) is 0 Å². The molecule has 0 heterocycles. The predicted octanol–water partition coefficient (Wildman–Crippen LogP) is 1.39. The highest BCUT2D eigenvalue weighted by atomic mass is 19.5. The Morgan fingerprint density at radius 1 is 0.500 bits per heavy atom. The number of rotatable bonds is 0. The van der Waals surface area contributed by atoms with E-state index in [1.165, 1.54) is 0 Å². The van der Waals surface area contributed by atoms with Gasteiger partial charge in [-0.25, -0.2) is 0 Å². The van der Waals surface area contributed by atoms with Gasteiger partial charge in [-0.15, -0.1) is 0 Å². The first-order valence-corrected chi connectivity index (χ1v) is 6.51. The summed E-state index contributed by atoms with van der Waals surface area (Å²) in [5.74, 6) is 16.3. The Morgan fingerprint density at radius 3 is 0.636 bits per heavy atom. The molecule has 3 saturated carbocycles. The van der Waals surface area contributed by atoms with Crippen molar-refractivity contribution >= 4 is 14.5 Å². The Hall–Kier alpha value is -0.590. The van der Waals surface area contributed by atoms with E-state index in [1.54, 1.807) is 38.5 Å². The molecule has 14 heteroatoms. The number of fused-ring (bicyclic) bond motifs is 3. The maximum absolute atomic E-state index is 9.75. The molecule has 4 nitrogen and oxygen atoms in total. The van der Waals surface area contributed by atoms with Gasteiger partial charge in [0.05, 0.1) is 0 Å². The van der Waals surface area contributed by atoms with Gasteiger partial charge in [-0.05, 0) is 11.8 Å². The second kappa shape index (κ2) is 14.0. The molecule has 0 aromatic heterocycles. The van der Waals surface area contributed by atoms with Crippen molar-refractivity contribution in [2.75, 3.05) is 0 Å². The third-order valence-corrected chi connectivity index (χ3v) is 2.95. The second-order valence-electron chi connectivity index (χ2n) is 4.45. The lowest BCUT2D eigenvalue weighted by Gasteiger charge is -2.35. The fourth-order valence-corrected chi connectivity index (χ4v) is 2.28. The average Bonchev–Trinajstić information content (AvgIpc) is 2.42. The largest absolute Gasteiger partial charge is 0.673 e. The van der Waals surface area contributed by atoms with Gasteiger partial charge in [0.15, 0.2) is 0 Å². The zero-order chi connectivity index (χ0) is 18.4. The van der Waals surface area contributed by atoms with Crippen LogP contribution in [0.4, 0.5) is 34.5 Å². The van der Waals surface area contributed by atoms with E-state index in [-0.39, 0.29) is 0 Å². The van der Waals surface area contributed by atoms with Crippen LogP contribution in [0.2, 0.25) is 0 Å². The van der Waals surface area contributed by atoms with E-state index in [0.717, 1.165) is 11.8 Å². The highest BCUT2D eigenvalue weighted by molar-refractivity contribution is 6.50. The molecule has 3 fully saturated rings. The molecule has 0 saturated heterocycles. The summed E-state index contributed by atoms with van der Waals surface area (Å²) in [7, 11) is -12.0. The molecule has 0 aromatic rings. The predicted molar refractivity (Wildman–Crippen MR) is 69.2 cm³/mol. The molecular formula is C8H24B2F8N4. The molecule has 3 aliphatic carbocycles. The Labute approximate surface area is 124 Å². The Bertz CT molecular complexity index is 186. The van der Waals surface area contributed by atoms with Gasteiger partial charge >= 0.3 is 14.5 Å². The van der Waals surface area contributed by atoms with Crippen LogP contribution in [0.15, 0.2) is 0 Å². The first-order valence-electron chi connectivity index (χ1n) is 6.51. The molecule has 0 amide bonds. The molecule has 0 spiro atoms. The van der Waals surface area contributed by atoms with E-state index < -0.39 is 14.5 Å². The number of hydrogen-bond acceptors (Lipinski definition) is 2. The second-order valence-corrected chi connectivity index (χ2v) is 4.45. The van der Waals surface area contributed by atoms with Crippen LogP contribution >= 0.6 is 0 Å². The van der Waals surface area contributed by atoms with Crippen LogP contribution in [0.3, 0.4) is 0 Å². The van der Waals surface area contributed by atoms with Crippen LogP contribution in [0.1, 0.15) is 38.5 Å². The Kier molecular flexibility index (Phi) is 16.8. The van der Waals surface area contributed by atoms with E-state index in [9.17, 15) is 34.5 Å². The summed E-state index contributed by atoms with van der Waals surface area (Å²) in [5.41, 5.74) is 0. The number of nitrogens with two attached hydrogens (primary N) is 2. The van der Waals surface area contributed by atoms with Crippen LogP contribution in [0.25, 0.3) is 0 Å². The number of quaternary nitrogens is 2. The number of hydrogen-bond donors (Lipinski definition) is 4. The molecule has 0 aromatic carbocycles.